The van der Waals surface area contributed by atoms with Crippen LogP contribution in [0, 0.1) is 5.41 Å². The van der Waals surface area contributed by atoms with Crippen molar-refractivity contribution in [2.24, 2.45) is 5.41 Å². The molecule has 0 amide bonds. The zero-order valence-electron chi connectivity index (χ0n) is 11.0. The largest absolute Gasteiger partial charge is 0.364 e. The monoisotopic (exact) mass is 242 g/mol. The van der Waals surface area contributed by atoms with Crippen LogP contribution < -0.4 is 5.32 Å². The minimum atomic E-state index is 0.289. The molecule has 94 valence electrons. The van der Waals surface area contributed by atoms with E-state index >= 15 is 0 Å². The number of anilines is 1. The lowest BCUT2D eigenvalue weighted by molar-refractivity contribution is 0.407. The molecule has 0 saturated heterocycles. The number of H-pyrrole nitrogens is 1. The van der Waals surface area contributed by atoms with Crippen molar-refractivity contribution in [3.63, 3.8) is 0 Å². The highest BCUT2D eigenvalue weighted by Gasteiger charge is 2.21. The SMILES string of the molecule is CC(C)(C)Cc1cc2c([nH]1)CNc1ncncc1-2. The van der Waals surface area contributed by atoms with Crippen LogP contribution in [-0.4, -0.2) is 15.0 Å². The van der Waals surface area contributed by atoms with E-state index in [1.54, 1.807) is 6.33 Å². The second kappa shape index (κ2) is 3.83. The highest BCUT2D eigenvalue weighted by molar-refractivity contribution is 5.79. The number of hydrogen-bond donors (Lipinski definition) is 2. The van der Waals surface area contributed by atoms with Gasteiger partial charge >= 0.3 is 0 Å². The zero-order valence-corrected chi connectivity index (χ0v) is 11.0. The number of aromatic nitrogens is 3. The summed E-state index contributed by atoms with van der Waals surface area (Å²) in [7, 11) is 0. The summed E-state index contributed by atoms with van der Waals surface area (Å²) < 4.78 is 0. The summed E-state index contributed by atoms with van der Waals surface area (Å²) in [6.45, 7) is 7.57. The first kappa shape index (κ1) is 11.3. The van der Waals surface area contributed by atoms with E-state index in [0.717, 1.165) is 24.3 Å². The van der Waals surface area contributed by atoms with Gasteiger partial charge in [0.25, 0.3) is 0 Å². The van der Waals surface area contributed by atoms with E-state index in [4.69, 9.17) is 0 Å². The van der Waals surface area contributed by atoms with Crippen LogP contribution in [0.5, 0.6) is 0 Å². The second-order valence-electron chi connectivity index (χ2n) is 6.06. The third-order valence-corrected chi connectivity index (χ3v) is 3.11. The molecule has 18 heavy (non-hydrogen) atoms. The summed E-state index contributed by atoms with van der Waals surface area (Å²) in [5.41, 5.74) is 5.14. The van der Waals surface area contributed by atoms with Gasteiger partial charge < -0.3 is 10.3 Å². The van der Waals surface area contributed by atoms with Crippen molar-refractivity contribution in [1.82, 2.24) is 15.0 Å². The van der Waals surface area contributed by atoms with Gasteiger partial charge in [-0.2, -0.15) is 0 Å². The molecule has 4 nitrogen and oxygen atoms in total. The van der Waals surface area contributed by atoms with Crippen molar-refractivity contribution < 1.29 is 0 Å². The number of nitrogens with one attached hydrogen (secondary N) is 2. The lowest BCUT2D eigenvalue weighted by atomic mass is 9.90. The van der Waals surface area contributed by atoms with Crippen LogP contribution in [0.15, 0.2) is 18.6 Å². The van der Waals surface area contributed by atoms with Gasteiger partial charge in [-0.05, 0) is 17.9 Å². The van der Waals surface area contributed by atoms with Gasteiger partial charge in [0.1, 0.15) is 12.1 Å². The summed E-state index contributed by atoms with van der Waals surface area (Å²) in [6, 6.07) is 2.24. The number of fused-ring (bicyclic) bond motifs is 3. The first-order valence-corrected chi connectivity index (χ1v) is 6.28. The average Bonchev–Trinajstić information content (AvgIpc) is 2.69. The van der Waals surface area contributed by atoms with Crippen LogP contribution in [0.4, 0.5) is 5.82 Å². The van der Waals surface area contributed by atoms with Gasteiger partial charge in [0, 0.05) is 28.7 Å². The smallest absolute Gasteiger partial charge is 0.137 e. The predicted octanol–water partition coefficient (Wildman–Crippen LogP) is 2.99. The molecular formula is C14H18N4. The first-order valence-electron chi connectivity index (χ1n) is 6.28. The van der Waals surface area contributed by atoms with Crippen LogP contribution in [0.25, 0.3) is 11.1 Å². The molecule has 0 spiro atoms. The highest BCUT2D eigenvalue weighted by Crippen LogP contribution is 2.35. The molecule has 0 aliphatic carbocycles. The van der Waals surface area contributed by atoms with E-state index in [2.05, 4.69) is 47.1 Å². The predicted molar refractivity (Wildman–Crippen MR) is 72.3 cm³/mol. The third-order valence-electron chi connectivity index (χ3n) is 3.11. The fraction of sp³-hybridized carbons (Fsp3) is 0.429. The van der Waals surface area contributed by atoms with Crippen LogP contribution in [0.2, 0.25) is 0 Å². The van der Waals surface area contributed by atoms with E-state index < -0.39 is 0 Å². The first-order chi connectivity index (χ1) is 8.53. The Bertz CT molecular complexity index is 578. The van der Waals surface area contributed by atoms with Gasteiger partial charge in [0.05, 0.1) is 6.54 Å². The Kier molecular flexibility index (Phi) is 2.40. The minimum absolute atomic E-state index is 0.289. The molecule has 3 heterocycles. The summed E-state index contributed by atoms with van der Waals surface area (Å²) in [5.74, 6) is 0.929. The fourth-order valence-electron chi connectivity index (χ4n) is 2.44. The molecule has 0 atom stereocenters. The maximum absolute atomic E-state index is 4.27. The number of hydrogen-bond acceptors (Lipinski definition) is 3. The topological polar surface area (TPSA) is 53.6 Å². The Morgan fingerprint density at radius 3 is 2.89 bits per heavy atom. The Labute approximate surface area is 107 Å². The highest BCUT2D eigenvalue weighted by atomic mass is 15.0. The number of rotatable bonds is 1. The van der Waals surface area contributed by atoms with Crippen molar-refractivity contribution in [3.05, 3.63) is 30.0 Å². The molecule has 3 rings (SSSR count). The Balaban J connectivity index is 2.02. The van der Waals surface area contributed by atoms with E-state index in [9.17, 15) is 0 Å². The molecule has 0 radical (unpaired) electrons. The molecule has 0 saturated carbocycles. The molecule has 1 aliphatic heterocycles. The average molecular weight is 242 g/mol. The fourth-order valence-corrected chi connectivity index (χ4v) is 2.44. The summed E-state index contributed by atoms with van der Waals surface area (Å²) in [6.07, 6.45) is 4.50. The van der Waals surface area contributed by atoms with Gasteiger partial charge in [-0.3, -0.25) is 0 Å². The standard InChI is InChI=1S/C14H18N4/c1-14(2,3)5-9-4-10-11-6-15-8-17-13(11)16-7-12(10)18-9/h4,6,8,18H,5,7H2,1-3H3,(H,15,16,17). The van der Waals surface area contributed by atoms with Crippen molar-refractivity contribution in [2.75, 3.05) is 5.32 Å². The van der Waals surface area contributed by atoms with E-state index in [1.165, 1.54) is 17.0 Å². The van der Waals surface area contributed by atoms with Gasteiger partial charge in [0.15, 0.2) is 0 Å². The Morgan fingerprint density at radius 2 is 2.11 bits per heavy atom. The normalized spacial score (nSPS) is 13.7. The third kappa shape index (κ3) is 1.98. The van der Waals surface area contributed by atoms with Crippen LogP contribution in [-0.2, 0) is 13.0 Å². The number of aromatic amines is 1. The van der Waals surface area contributed by atoms with Crippen molar-refractivity contribution in [2.45, 2.75) is 33.7 Å². The van der Waals surface area contributed by atoms with Crippen molar-refractivity contribution in [3.8, 4) is 11.1 Å². The zero-order chi connectivity index (χ0) is 12.8. The Morgan fingerprint density at radius 1 is 1.28 bits per heavy atom. The van der Waals surface area contributed by atoms with Gasteiger partial charge in [-0.15, -0.1) is 0 Å². The van der Waals surface area contributed by atoms with Crippen LogP contribution in [0.1, 0.15) is 32.2 Å². The molecule has 2 aromatic heterocycles. The molecular weight excluding hydrogens is 224 g/mol. The summed E-state index contributed by atoms with van der Waals surface area (Å²) in [5, 5.41) is 3.31. The molecule has 0 fully saturated rings. The van der Waals surface area contributed by atoms with Crippen LogP contribution >= 0.6 is 0 Å². The van der Waals surface area contributed by atoms with Crippen molar-refractivity contribution in [1.29, 1.82) is 0 Å². The molecule has 2 N–H and O–H groups in total. The lowest BCUT2D eigenvalue weighted by Crippen LogP contribution is -2.10. The molecule has 2 aromatic rings. The van der Waals surface area contributed by atoms with Gasteiger partial charge in [-0.1, -0.05) is 20.8 Å². The lowest BCUT2D eigenvalue weighted by Gasteiger charge is -2.16. The minimum Gasteiger partial charge on any atom is -0.364 e. The number of nitrogens with zero attached hydrogens (tertiary/aromatic N) is 2. The molecule has 0 aromatic carbocycles. The molecule has 4 heteroatoms. The van der Waals surface area contributed by atoms with Crippen LogP contribution in [0.3, 0.4) is 0 Å². The molecule has 1 aliphatic rings. The Hall–Kier alpha value is -1.84. The maximum Gasteiger partial charge on any atom is 0.137 e. The van der Waals surface area contributed by atoms with Gasteiger partial charge in [0.2, 0.25) is 0 Å². The van der Waals surface area contributed by atoms with Crippen molar-refractivity contribution >= 4 is 5.82 Å². The summed E-state index contributed by atoms with van der Waals surface area (Å²) >= 11 is 0. The van der Waals surface area contributed by atoms with Gasteiger partial charge in [-0.25, -0.2) is 9.97 Å². The molecule has 0 unspecified atom stereocenters. The molecule has 0 bridgehead atoms. The summed E-state index contributed by atoms with van der Waals surface area (Å²) in [4.78, 5) is 11.9. The van der Waals surface area contributed by atoms with E-state index in [1.807, 2.05) is 6.20 Å². The maximum atomic E-state index is 4.27. The van der Waals surface area contributed by atoms with E-state index in [0.29, 0.717) is 0 Å². The quantitative estimate of drug-likeness (QED) is 0.808. The van der Waals surface area contributed by atoms with E-state index in [-0.39, 0.29) is 5.41 Å². The second-order valence-corrected chi connectivity index (χ2v) is 6.06.